The lowest BCUT2D eigenvalue weighted by Gasteiger charge is -2.41. The lowest BCUT2D eigenvalue weighted by atomic mass is 9.82. The van der Waals surface area contributed by atoms with Crippen LogP contribution >= 0.6 is 0 Å². The van der Waals surface area contributed by atoms with E-state index in [-0.39, 0.29) is 0 Å². The Kier molecular flexibility index (Phi) is 5.39. The van der Waals surface area contributed by atoms with Crippen LogP contribution in [0.5, 0.6) is 0 Å². The van der Waals surface area contributed by atoms with E-state index in [0.717, 1.165) is 22.3 Å². The molecule has 4 heteroatoms. The first-order valence-electron chi connectivity index (χ1n) is 8.43. The van der Waals surface area contributed by atoms with Gasteiger partial charge in [-0.25, -0.2) is 0 Å². The molecule has 0 atom stereocenters. The van der Waals surface area contributed by atoms with Crippen LogP contribution in [-0.4, -0.2) is 40.0 Å². The van der Waals surface area contributed by atoms with Gasteiger partial charge in [0.05, 0.1) is 0 Å². The highest BCUT2D eigenvalue weighted by molar-refractivity contribution is 5.86. The van der Waals surface area contributed by atoms with Gasteiger partial charge >= 0.3 is 0 Å². The molecule has 0 saturated heterocycles. The van der Waals surface area contributed by atoms with Crippen molar-refractivity contribution in [3.05, 3.63) is 83.9 Å². The van der Waals surface area contributed by atoms with Gasteiger partial charge < -0.3 is 18.9 Å². The van der Waals surface area contributed by atoms with Crippen molar-refractivity contribution in [3.63, 3.8) is 0 Å². The van der Waals surface area contributed by atoms with E-state index in [1.165, 1.54) is 0 Å². The second-order valence-corrected chi connectivity index (χ2v) is 6.00. The standard InChI is InChI=1S/C22H24O4/c1-23-21(24-2)15-20(18-13-9-6-10-14-18)22(25-3,26-4)16-19(21)17-11-7-5-8-12-17/h5-16H,1-4H3. The minimum Gasteiger partial charge on any atom is -0.346 e. The molecule has 2 aromatic carbocycles. The normalized spacial score (nSPS) is 18.2. The van der Waals surface area contributed by atoms with E-state index in [1.54, 1.807) is 28.4 Å². The topological polar surface area (TPSA) is 36.9 Å². The summed E-state index contributed by atoms with van der Waals surface area (Å²) < 4.78 is 23.4. The number of methoxy groups -OCH3 is 4. The molecule has 26 heavy (non-hydrogen) atoms. The number of hydrogen-bond donors (Lipinski definition) is 0. The summed E-state index contributed by atoms with van der Waals surface area (Å²) in [6, 6.07) is 19.9. The van der Waals surface area contributed by atoms with Gasteiger partial charge in [0, 0.05) is 39.6 Å². The Balaban J connectivity index is 2.26. The minimum absolute atomic E-state index is 0.825. The Morgan fingerprint density at radius 2 is 0.808 bits per heavy atom. The average Bonchev–Trinajstić information content (AvgIpc) is 2.74. The number of benzene rings is 2. The van der Waals surface area contributed by atoms with Crippen LogP contribution in [0.2, 0.25) is 0 Å². The van der Waals surface area contributed by atoms with Gasteiger partial charge in [-0.1, -0.05) is 60.7 Å². The zero-order chi connectivity index (χ0) is 18.6. The summed E-state index contributed by atoms with van der Waals surface area (Å²) in [7, 11) is 6.52. The van der Waals surface area contributed by atoms with E-state index in [4.69, 9.17) is 18.9 Å². The molecule has 3 rings (SSSR count). The van der Waals surface area contributed by atoms with Gasteiger partial charge in [-0.3, -0.25) is 0 Å². The molecule has 0 saturated carbocycles. The Bertz CT molecular complexity index is 716. The lowest BCUT2D eigenvalue weighted by Crippen LogP contribution is -2.44. The fourth-order valence-corrected chi connectivity index (χ4v) is 3.38. The van der Waals surface area contributed by atoms with Crippen molar-refractivity contribution in [1.82, 2.24) is 0 Å². The first-order chi connectivity index (χ1) is 12.6. The largest absolute Gasteiger partial charge is 0.346 e. The molecule has 0 aliphatic heterocycles. The van der Waals surface area contributed by atoms with Gasteiger partial charge in [-0.15, -0.1) is 0 Å². The van der Waals surface area contributed by atoms with Gasteiger partial charge in [0.2, 0.25) is 11.6 Å². The van der Waals surface area contributed by atoms with Crippen molar-refractivity contribution in [1.29, 1.82) is 0 Å². The molecule has 0 heterocycles. The summed E-state index contributed by atoms with van der Waals surface area (Å²) in [4.78, 5) is 0. The molecule has 4 nitrogen and oxygen atoms in total. The van der Waals surface area contributed by atoms with Crippen LogP contribution in [0.4, 0.5) is 0 Å². The van der Waals surface area contributed by atoms with E-state index in [1.807, 2.05) is 72.8 Å². The molecular formula is C22H24O4. The smallest absolute Gasteiger partial charge is 0.215 e. The molecule has 136 valence electrons. The van der Waals surface area contributed by atoms with Crippen molar-refractivity contribution in [3.8, 4) is 0 Å². The Hall–Kier alpha value is -2.24. The van der Waals surface area contributed by atoms with E-state index in [9.17, 15) is 0 Å². The maximum Gasteiger partial charge on any atom is 0.215 e. The summed E-state index contributed by atoms with van der Waals surface area (Å²) in [5, 5.41) is 0. The van der Waals surface area contributed by atoms with Gasteiger partial charge in [-0.05, 0) is 23.3 Å². The molecule has 0 spiro atoms. The van der Waals surface area contributed by atoms with Crippen LogP contribution < -0.4 is 0 Å². The van der Waals surface area contributed by atoms with Gasteiger partial charge in [0.1, 0.15) is 0 Å². The molecule has 0 aromatic heterocycles. The average molecular weight is 352 g/mol. The van der Waals surface area contributed by atoms with Crippen LogP contribution in [-0.2, 0) is 18.9 Å². The van der Waals surface area contributed by atoms with Gasteiger partial charge in [0.25, 0.3) is 0 Å². The quantitative estimate of drug-likeness (QED) is 0.732. The molecule has 1 aliphatic rings. The molecule has 0 amide bonds. The summed E-state index contributed by atoms with van der Waals surface area (Å²) >= 11 is 0. The van der Waals surface area contributed by atoms with Crippen molar-refractivity contribution >= 4 is 11.1 Å². The van der Waals surface area contributed by atoms with Crippen LogP contribution in [0.15, 0.2) is 72.8 Å². The molecule has 0 N–H and O–H groups in total. The van der Waals surface area contributed by atoms with E-state index in [0.29, 0.717) is 0 Å². The monoisotopic (exact) mass is 352 g/mol. The molecule has 0 fully saturated rings. The van der Waals surface area contributed by atoms with Crippen molar-refractivity contribution < 1.29 is 18.9 Å². The molecule has 1 aliphatic carbocycles. The third-order valence-corrected chi connectivity index (χ3v) is 4.80. The predicted octanol–water partition coefficient (Wildman–Crippen LogP) is 4.15. The Morgan fingerprint density at radius 1 is 0.500 bits per heavy atom. The predicted molar refractivity (Wildman–Crippen MR) is 102 cm³/mol. The fraction of sp³-hybridized carbons (Fsp3) is 0.273. The summed E-state index contributed by atoms with van der Waals surface area (Å²) in [5.41, 5.74) is 3.59. The second-order valence-electron chi connectivity index (χ2n) is 6.00. The van der Waals surface area contributed by atoms with Crippen molar-refractivity contribution in [2.24, 2.45) is 0 Å². The van der Waals surface area contributed by atoms with Crippen LogP contribution in [0.25, 0.3) is 11.1 Å². The Labute approximate surface area is 154 Å². The zero-order valence-electron chi connectivity index (χ0n) is 15.6. The molecule has 0 radical (unpaired) electrons. The van der Waals surface area contributed by atoms with Gasteiger partial charge in [0.15, 0.2) is 0 Å². The molecule has 2 aromatic rings. The minimum atomic E-state index is -1.05. The second kappa shape index (κ2) is 7.56. The number of rotatable bonds is 6. The zero-order valence-corrected chi connectivity index (χ0v) is 15.6. The molecule has 0 unspecified atom stereocenters. The maximum absolute atomic E-state index is 5.85. The number of hydrogen-bond acceptors (Lipinski definition) is 4. The van der Waals surface area contributed by atoms with Crippen LogP contribution in [0.3, 0.4) is 0 Å². The molecular weight excluding hydrogens is 328 g/mol. The summed E-state index contributed by atoms with van der Waals surface area (Å²) in [6.45, 7) is 0. The highest BCUT2D eigenvalue weighted by atomic mass is 16.7. The van der Waals surface area contributed by atoms with Gasteiger partial charge in [-0.2, -0.15) is 0 Å². The third-order valence-electron chi connectivity index (χ3n) is 4.80. The summed E-state index contributed by atoms with van der Waals surface area (Å²) in [5.74, 6) is -2.10. The van der Waals surface area contributed by atoms with E-state index in [2.05, 4.69) is 0 Å². The van der Waals surface area contributed by atoms with Crippen LogP contribution in [0.1, 0.15) is 11.1 Å². The highest BCUT2D eigenvalue weighted by Crippen LogP contribution is 2.46. The lowest BCUT2D eigenvalue weighted by molar-refractivity contribution is -0.147. The highest BCUT2D eigenvalue weighted by Gasteiger charge is 2.46. The number of ether oxygens (including phenoxy) is 4. The first kappa shape index (κ1) is 18.5. The fourth-order valence-electron chi connectivity index (χ4n) is 3.38. The summed E-state index contributed by atoms with van der Waals surface area (Å²) in [6.07, 6.45) is 3.86. The first-order valence-corrected chi connectivity index (χ1v) is 8.43. The maximum atomic E-state index is 5.85. The van der Waals surface area contributed by atoms with E-state index < -0.39 is 11.6 Å². The van der Waals surface area contributed by atoms with Crippen molar-refractivity contribution in [2.45, 2.75) is 11.6 Å². The third kappa shape index (κ3) is 3.02. The SMILES string of the molecule is COC1(OC)C=C(c2ccccc2)C(OC)(OC)C=C1c1ccccc1. The van der Waals surface area contributed by atoms with E-state index >= 15 is 0 Å². The molecule has 0 bridgehead atoms. The van der Waals surface area contributed by atoms with Crippen molar-refractivity contribution in [2.75, 3.05) is 28.4 Å². The Morgan fingerprint density at radius 3 is 1.08 bits per heavy atom. The van der Waals surface area contributed by atoms with Crippen LogP contribution in [0, 0.1) is 0 Å².